The molecule has 0 aliphatic heterocycles. The average molecular weight is 131 g/mol. The van der Waals surface area contributed by atoms with Gasteiger partial charge < -0.3 is 10.1 Å². The molecule has 0 aliphatic rings. The van der Waals surface area contributed by atoms with Gasteiger partial charge in [0.1, 0.15) is 0 Å². The van der Waals surface area contributed by atoms with Crippen molar-refractivity contribution in [1.29, 1.82) is 0 Å². The number of thiocarbonyl (C=S) groups is 1. The molecular weight excluding hydrogens is 122 g/mol. The van der Waals surface area contributed by atoms with E-state index < -0.39 is 0 Å². The van der Waals surface area contributed by atoms with Crippen LogP contribution in [0.25, 0.3) is 0 Å². The molecule has 8 heavy (non-hydrogen) atoms. The third kappa shape index (κ3) is 3.61. The summed E-state index contributed by atoms with van der Waals surface area (Å²) >= 11 is 4.67. The van der Waals surface area contributed by atoms with Crippen LogP contribution in [0.5, 0.6) is 0 Å². The second-order valence-electron chi connectivity index (χ2n) is 1.15. The van der Waals surface area contributed by atoms with Gasteiger partial charge in [0.05, 0.1) is 7.11 Å². The van der Waals surface area contributed by atoms with Crippen LogP contribution in [-0.4, -0.2) is 19.2 Å². The molecule has 0 aromatic heterocycles. The van der Waals surface area contributed by atoms with Gasteiger partial charge in [-0.1, -0.05) is 0 Å². The lowest BCUT2D eigenvalue weighted by molar-refractivity contribution is 0.418. The largest absolute Gasteiger partial charge is 0.487 e. The Kier molecular flexibility index (Phi) is 4.26. The Morgan fingerprint density at radius 1 is 1.75 bits per heavy atom. The second-order valence-corrected chi connectivity index (χ2v) is 1.55. The van der Waals surface area contributed by atoms with Gasteiger partial charge in [0.25, 0.3) is 0 Å². The maximum Gasteiger partial charge on any atom is 0.184 e. The molecule has 0 saturated carbocycles. The summed E-state index contributed by atoms with van der Waals surface area (Å²) in [7, 11) is 3.34. The Morgan fingerprint density at radius 2 is 2.38 bits per heavy atom. The maximum absolute atomic E-state index is 4.67. The number of methoxy groups -OCH3 is 1. The van der Waals surface area contributed by atoms with E-state index in [-0.39, 0.29) is 0 Å². The number of hydrogen-bond acceptors (Lipinski definition) is 3. The van der Waals surface area contributed by atoms with Crippen LogP contribution in [0.3, 0.4) is 0 Å². The van der Waals surface area contributed by atoms with Crippen LogP contribution in [0.1, 0.15) is 0 Å². The Bertz CT molecular complexity index is 101. The molecule has 3 heteroatoms. The molecule has 0 rings (SSSR count). The average Bonchev–Trinajstić information content (AvgIpc) is 1.83. The molecule has 0 aliphatic carbocycles. The summed E-state index contributed by atoms with van der Waals surface area (Å²) < 4.78 is 4.66. The molecule has 0 spiro atoms. The van der Waals surface area contributed by atoms with Crippen molar-refractivity contribution < 1.29 is 4.74 Å². The van der Waals surface area contributed by atoms with Gasteiger partial charge in [0, 0.05) is 19.3 Å². The molecule has 0 amide bonds. The smallest absolute Gasteiger partial charge is 0.184 e. The van der Waals surface area contributed by atoms with E-state index in [1.165, 1.54) is 0 Å². The minimum absolute atomic E-state index is 0.486. The molecule has 0 saturated heterocycles. The lowest BCUT2D eigenvalue weighted by atomic mass is 10.6. The van der Waals surface area contributed by atoms with Crippen molar-refractivity contribution in [3.8, 4) is 0 Å². The van der Waals surface area contributed by atoms with E-state index in [0.717, 1.165) is 0 Å². The van der Waals surface area contributed by atoms with E-state index in [1.54, 1.807) is 26.4 Å². The third-order valence-corrected chi connectivity index (χ3v) is 0.890. The number of hydrogen-bond donors (Lipinski definition) is 1. The first-order valence-electron chi connectivity index (χ1n) is 2.23. The SMILES string of the molecule is CNC=CC(=S)OC. The highest BCUT2D eigenvalue weighted by molar-refractivity contribution is 7.80. The molecular formula is C5H9NOS. The second kappa shape index (κ2) is 4.59. The molecule has 0 aromatic rings. The highest BCUT2D eigenvalue weighted by Gasteiger charge is 1.79. The Morgan fingerprint density at radius 3 is 2.75 bits per heavy atom. The van der Waals surface area contributed by atoms with Crippen LogP contribution in [0.4, 0.5) is 0 Å². The van der Waals surface area contributed by atoms with Gasteiger partial charge in [0.15, 0.2) is 5.05 Å². The van der Waals surface area contributed by atoms with Crippen molar-refractivity contribution in [3.05, 3.63) is 12.3 Å². The quantitative estimate of drug-likeness (QED) is 0.440. The van der Waals surface area contributed by atoms with E-state index in [2.05, 4.69) is 22.3 Å². The molecule has 2 nitrogen and oxygen atoms in total. The predicted octanol–water partition coefficient (Wildman–Crippen LogP) is 0.693. The molecule has 0 heterocycles. The molecule has 0 aromatic carbocycles. The van der Waals surface area contributed by atoms with Gasteiger partial charge >= 0.3 is 0 Å². The molecule has 0 bridgehead atoms. The van der Waals surface area contributed by atoms with Gasteiger partial charge in [-0.15, -0.1) is 0 Å². The summed E-state index contributed by atoms with van der Waals surface area (Å²) in [5.41, 5.74) is 0. The standard InChI is InChI=1S/C5H9NOS/c1-6-4-3-5(8)7-2/h3-4,6H,1-2H3. The molecule has 46 valence electrons. The lowest BCUT2D eigenvalue weighted by Gasteiger charge is -1.91. The summed E-state index contributed by atoms with van der Waals surface area (Å²) in [6, 6.07) is 0. The van der Waals surface area contributed by atoms with Crippen LogP contribution in [0.2, 0.25) is 0 Å². The van der Waals surface area contributed by atoms with Crippen LogP contribution < -0.4 is 5.32 Å². The zero-order chi connectivity index (χ0) is 6.41. The molecule has 1 N–H and O–H groups in total. The number of nitrogens with one attached hydrogen (secondary N) is 1. The van der Waals surface area contributed by atoms with Crippen molar-refractivity contribution in [3.63, 3.8) is 0 Å². The van der Waals surface area contributed by atoms with E-state index >= 15 is 0 Å². The monoisotopic (exact) mass is 131 g/mol. The van der Waals surface area contributed by atoms with Crippen LogP contribution in [0.15, 0.2) is 12.3 Å². The minimum atomic E-state index is 0.486. The molecule has 0 fully saturated rings. The third-order valence-electron chi connectivity index (χ3n) is 0.587. The fourth-order valence-corrected chi connectivity index (χ4v) is 0.287. The fraction of sp³-hybridized carbons (Fsp3) is 0.400. The van der Waals surface area contributed by atoms with Crippen molar-refractivity contribution in [1.82, 2.24) is 5.32 Å². The van der Waals surface area contributed by atoms with Gasteiger partial charge in [-0.2, -0.15) is 0 Å². The minimum Gasteiger partial charge on any atom is -0.487 e. The Balaban J connectivity index is 3.37. The number of ether oxygens (including phenoxy) is 1. The summed E-state index contributed by atoms with van der Waals surface area (Å²) in [5, 5.41) is 3.27. The van der Waals surface area contributed by atoms with E-state index in [0.29, 0.717) is 5.05 Å². The van der Waals surface area contributed by atoms with Gasteiger partial charge in [-0.05, 0) is 12.2 Å². The molecule has 0 unspecified atom stereocenters. The Labute approximate surface area is 54.5 Å². The van der Waals surface area contributed by atoms with Crippen molar-refractivity contribution in [2.45, 2.75) is 0 Å². The fourth-order valence-electron chi connectivity index (χ4n) is 0.219. The summed E-state index contributed by atoms with van der Waals surface area (Å²) in [6.45, 7) is 0. The highest BCUT2D eigenvalue weighted by atomic mass is 32.1. The zero-order valence-electron chi connectivity index (χ0n) is 4.97. The first kappa shape index (κ1) is 7.43. The first-order valence-corrected chi connectivity index (χ1v) is 2.64. The Hall–Kier alpha value is -0.570. The summed E-state index contributed by atoms with van der Waals surface area (Å²) in [6.07, 6.45) is 3.39. The normalized spacial score (nSPS) is 9.25. The number of rotatable bonds is 2. The van der Waals surface area contributed by atoms with Crippen LogP contribution in [-0.2, 0) is 4.74 Å². The van der Waals surface area contributed by atoms with Gasteiger partial charge in [-0.3, -0.25) is 0 Å². The lowest BCUT2D eigenvalue weighted by Crippen LogP contribution is -1.96. The van der Waals surface area contributed by atoms with Crippen molar-refractivity contribution >= 4 is 17.3 Å². The topological polar surface area (TPSA) is 21.3 Å². The highest BCUT2D eigenvalue weighted by Crippen LogP contribution is 1.78. The maximum atomic E-state index is 4.67. The molecule has 0 radical (unpaired) electrons. The first-order chi connectivity index (χ1) is 3.81. The van der Waals surface area contributed by atoms with Gasteiger partial charge in [0.2, 0.25) is 0 Å². The van der Waals surface area contributed by atoms with E-state index in [1.807, 2.05) is 0 Å². The summed E-state index contributed by atoms with van der Waals surface area (Å²) in [4.78, 5) is 0. The predicted molar refractivity (Wildman–Crippen MR) is 37.8 cm³/mol. The summed E-state index contributed by atoms with van der Waals surface area (Å²) in [5.74, 6) is 0. The van der Waals surface area contributed by atoms with Gasteiger partial charge in [-0.25, -0.2) is 0 Å². The molecule has 0 atom stereocenters. The van der Waals surface area contributed by atoms with E-state index in [9.17, 15) is 0 Å². The van der Waals surface area contributed by atoms with Crippen molar-refractivity contribution in [2.75, 3.05) is 14.2 Å². The van der Waals surface area contributed by atoms with Crippen molar-refractivity contribution in [2.24, 2.45) is 0 Å². The zero-order valence-corrected chi connectivity index (χ0v) is 5.79. The van der Waals surface area contributed by atoms with Crippen LogP contribution in [0, 0.1) is 0 Å². The van der Waals surface area contributed by atoms with E-state index in [4.69, 9.17) is 0 Å². The van der Waals surface area contributed by atoms with Crippen LogP contribution >= 0.6 is 12.2 Å².